The normalized spacial score (nSPS) is 11.7. The smallest absolute Gasteiger partial charge is 0.246 e. The van der Waals surface area contributed by atoms with Crippen LogP contribution in [-0.2, 0) is 4.79 Å². The van der Waals surface area contributed by atoms with E-state index in [0.29, 0.717) is 11.8 Å². The van der Waals surface area contributed by atoms with E-state index in [1.54, 1.807) is 6.08 Å². The second kappa shape index (κ2) is 8.37. The van der Waals surface area contributed by atoms with Gasteiger partial charge < -0.3 is 4.90 Å². The molecule has 0 aromatic carbocycles. The van der Waals surface area contributed by atoms with Crippen LogP contribution >= 0.6 is 0 Å². The van der Waals surface area contributed by atoms with Gasteiger partial charge in [0.05, 0.1) is 0 Å². The predicted octanol–water partition coefficient (Wildman–Crippen LogP) is 3.48. The summed E-state index contributed by atoms with van der Waals surface area (Å²) in [5, 5.41) is 0. The third-order valence-electron chi connectivity index (χ3n) is 2.57. The zero-order chi connectivity index (χ0) is 12.6. The summed E-state index contributed by atoms with van der Waals surface area (Å²) < 4.78 is 0. The molecule has 0 aliphatic carbocycles. The number of carbonyl (C=O) groups is 1. The van der Waals surface area contributed by atoms with Crippen LogP contribution in [0.5, 0.6) is 0 Å². The minimum Gasteiger partial charge on any atom is -0.339 e. The molecule has 0 heterocycles. The Labute approximate surface area is 101 Å². The monoisotopic (exact) mass is 225 g/mol. The SMILES string of the molecule is C/C=C/C(=O)N(CCC(C)C)CCC(C)C. The number of amides is 1. The van der Waals surface area contributed by atoms with Crippen LogP contribution in [0.25, 0.3) is 0 Å². The zero-order valence-corrected chi connectivity index (χ0v) is 11.5. The number of nitrogens with zero attached hydrogens (tertiary/aromatic N) is 1. The highest BCUT2D eigenvalue weighted by Crippen LogP contribution is 2.07. The lowest BCUT2D eigenvalue weighted by Crippen LogP contribution is -2.32. The molecule has 0 rings (SSSR count). The van der Waals surface area contributed by atoms with Crippen molar-refractivity contribution < 1.29 is 4.79 Å². The molecule has 1 amide bonds. The summed E-state index contributed by atoms with van der Waals surface area (Å²) in [6.45, 7) is 12.4. The van der Waals surface area contributed by atoms with E-state index in [9.17, 15) is 4.79 Å². The molecule has 0 saturated heterocycles. The summed E-state index contributed by atoms with van der Waals surface area (Å²) in [7, 11) is 0. The Balaban J connectivity index is 4.20. The lowest BCUT2D eigenvalue weighted by Gasteiger charge is -2.23. The first kappa shape index (κ1) is 15.2. The van der Waals surface area contributed by atoms with Crippen LogP contribution in [0.4, 0.5) is 0 Å². The quantitative estimate of drug-likeness (QED) is 0.607. The van der Waals surface area contributed by atoms with E-state index in [0.717, 1.165) is 25.9 Å². The molecule has 94 valence electrons. The molecule has 2 nitrogen and oxygen atoms in total. The number of carbonyl (C=O) groups excluding carboxylic acids is 1. The van der Waals surface area contributed by atoms with Crippen LogP contribution < -0.4 is 0 Å². The predicted molar refractivity (Wildman–Crippen MR) is 70.3 cm³/mol. The molecule has 0 radical (unpaired) electrons. The highest BCUT2D eigenvalue weighted by atomic mass is 16.2. The maximum absolute atomic E-state index is 11.8. The summed E-state index contributed by atoms with van der Waals surface area (Å²) in [5.74, 6) is 1.46. The Morgan fingerprint density at radius 1 is 1.06 bits per heavy atom. The van der Waals surface area contributed by atoms with Crippen LogP contribution in [0.2, 0.25) is 0 Å². The van der Waals surface area contributed by atoms with Gasteiger partial charge in [0.15, 0.2) is 0 Å². The van der Waals surface area contributed by atoms with Crippen molar-refractivity contribution in [3.05, 3.63) is 12.2 Å². The molecule has 0 bridgehead atoms. The third kappa shape index (κ3) is 7.49. The van der Waals surface area contributed by atoms with E-state index < -0.39 is 0 Å². The van der Waals surface area contributed by atoms with Crippen molar-refractivity contribution in [1.82, 2.24) is 4.90 Å². The number of hydrogen-bond donors (Lipinski definition) is 0. The van der Waals surface area contributed by atoms with Gasteiger partial charge in [0.1, 0.15) is 0 Å². The van der Waals surface area contributed by atoms with Gasteiger partial charge >= 0.3 is 0 Å². The van der Waals surface area contributed by atoms with E-state index in [-0.39, 0.29) is 5.91 Å². The van der Waals surface area contributed by atoms with E-state index in [2.05, 4.69) is 27.7 Å². The molecule has 0 N–H and O–H groups in total. The van der Waals surface area contributed by atoms with E-state index >= 15 is 0 Å². The fourth-order valence-corrected chi connectivity index (χ4v) is 1.41. The van der Waals surface area contributed by atoms with Gasteiger partial charge in [-0.25, -0.2) is 0 Å². The fourth-order valence-electron chi connectivity index (χ4n) is 1.41. The first-order valence-electron chi connectivity index (χ1n) is 6.39. The Kier molecular flexibility index (Phi) is 7.96. The van der Waals surface area contributed by atoms with E-state index in [1.807, 2.05) is 17.9 Å². The molecule has 0 unspecified atom stereocenters. The summed E-state index contributed by atoms with van der Waals surface area (Å²) in [5.41, 5.74) is 0. The Morgan fingerprint density at radius 2 is 1.50 bits per heavy atom. The molecular formula is C14H27NO. The van der Waals surface area contributed by atoms with Crippen molar-refractivity contribution in [1.29, 1.82) is 0 Å². The first-order valence-corrected chi connectivity index (χ1v) is 6.39. The molecule has 2 heteroatoms. The minimum absolute atomic E-state index is 0.156. The summed E-state index contributed by atoms with van der Waals surface area (Å²) in [6.07, 6.45) is 5.66. The van der Waals surface area contributed by atoms with Gasteiger partial charge in [0.25, 0.3) is 0 Å². The molecule has 0 fully saturated rings. The van der Waals surface area contributed by atoms with Crippen molar-refractivity contribution in [3.8, 4) is 0 Å². The summed E-state index contributed by atoms with van der Waals surface area (Å²) >= 11 is 0. The molecule has 0 atom stereocenters. The lowest BCUT2D eigenvalue weighted by atomic mass is 10.1. The van der Waals surface area contributed by atoms with Gasteiger partial charge in [-0.05, 0) is 37.7 Å². The largest absolute Gasteiger partial charge is 0.339 e. The first-order chi connectivity index (χ1) is 7.47. The van der Waals surface area contributed by atoms with Crippen molar-refractivity contribution >= 4 is 5.91 Å². The van der Waals surface area contributed by atoms with Crippen molar-refractivity contribution in [2.75, 3.05) is 13.1 Å². The van der Waals surface area contributed by atoms with Gasteiger partial charge in [-0.2, -0.15) is 0 Å². The minimum atomic E-state index is 0.156. The van der Waals surface area contributed by atoms with Gasteiger partial charge in [0, 0.05) is 13.1 Å². The summed E-state index contributed by atoms with van der Waals surface area (Å²) in [6, 6.07) is 0. The maximum atomic E-state index is 11.8. The van der Waals surface area contributed by atoms with Crippen LogP contribution in [0.1, 0.15) is 47.5 Å². The summed E-state index contributed by atoms with van der Waals surface area (Å²) in [4.78, 5) is 13.8. The molecule has 0 aromatic heterocycles. The fraction of sp³-hybridized carbons (Fsp3) is 0.786. The van der Waals surface area contributed by atoms with Gasteiger partial charge in [-0.3, -0.25) is 4.79 Å². The second-order valence-electron chi connectivity index (χ2n) is 5.19. The van der Waals surface area contributed by atoms with Crippen LogP contribution in [0, 0.1) is 11.8 Å². The molecule has 0 aliphatic heterocycles. The van der Waals surface area contributed by atoms with Crippen LogP contribution in [0.15, 0.2) is 12.2 Å². The van der Waals surface area contributed by atoms with Gasteiger partial charge in [-0.15, -0.1) is 0 Å². The van der Waals surface area contributed by atoms with Crippen molar-refractivity contribution in [2.24, 2.45) is 11.8 Å². The van der Waals surface area contributed by atoms with Crippen LogP contribution in [0.3, 0.4) is 0 Å². The molecule has 0 saturated carbocycles. The third-order valence-corrected chi connectivity index (χ3v) is 2.57. The highest BCUT2D eigenvalue weighted by molar-refractivity contribution is 5.87. The average Bonchev–Trinajstić information content (AvgIpc) is 2.17. The Morgan fingerprint density at radius 3 is 1.81 bits per heavy atom. The highest BCUT2D eigenvalue weighted by Gasteiger charge is 2.11. The number of rotatable bonds is 7. The van der Waals surface area contributed by atoms with E-state index in [4.69, 9.17) is 0 Å². The standard InChI is InChI=1S/C14H27NO/c1-6-7-14(16)15(10-8-12(2)3)11-9-13(4)5/h6-7,12-13H,8-11H2,1-5H3/b7-6+. The zero-order valence-electron chi connectivity index (χ0n) is 11.5. The Bertz CT molecular complexity index is 207. The average molecular weight is 225 g/mol. The molecular weight excluding hydrogens is 198 g/mol. The lowest BCUT2D eigenvalue weighted by molar-refractivity contribution is -0.126. The molecule has 16 heavy (non-hydrogen) atoms. The topological polar surface area (TPSA) is 20.3 Å². The van der Waals surface area contributed by atoms with E-state index in [1.165, 1.54) is 0 Å². The Hall–Kier alpha value is -0.790. The van der Waals surface area contributed by atoms with Crippen molar-refractivity contribution in [2.45, 2.75) is 47.5 Å². The second-order valence-corrected chi connectivity index (χ2v) is 5.19. The number of hydrogen-bond acceptors (Lipinski definition) is 1. The molecule has 0 spiro atoms. The van der Waals surface area contributed by atoms with Gasteiger partial charge in [0.2, 0.25) is 5.91 Å². The van der Waals surface area contributed by atoms with Gasteiger partial charge in [-0.1, -0.05) is 33.8 Å². The maximum Gasteiger partial charge on any atom is 0.246 e. The molecule has 0 aliphatic rings. The molecule has 0 aromatic rings. The van der Waals surface area contributed by atoms with Crippen LogP contribution in [-0.4, -0.2) is 23.9 Å². The van der Waals surface area contributed by atoms with Crippen molar-refractivity contribution in [3.63, 3.8) is 0 Å². The number of allylic oxidation sites excluding steroid dienone is 1.